The van der Waals surface area contributed by atoms with Crippen LogP contribution >= 0.6 is 0 Å². The molecule has 0 saturated carbocycles. The fourth-order valence-corrected chi connectivity index (χ4v) is 3.12. The van der Waals surface area contributed by atoms with Crippen molar-refractivity contribution in [1.29, 1.82) is 0 Å². The molecule has 0 aromatic heterocycles. The van der Waals surface area contributed by atoms with Crippen LogP contribution in [0.25, 0.3) is 0 Å². The van der Waals surface area contributed by atoms with Crippen molar-refractivity contribution in [3.63, 3.8) is 0 Å². The van der Waals surface area contributed by atoms with Gasteiger partial charge in [-0.1, -0.05) is 38.5 Å². The maximum absolute atomic E-state index is 3.35. The van der Waals surface area contributed by atoms with Crippen molar-refractivity contribution < 1.29 is 0 Å². The molecule has 100 valence electrons. The quantitative estimate of drug-likeness (QED) is 0.859. The Balaban J connectivity index is 2.25. The first-order chi connectivity index (χ1) is 8.76. The third kappa shape index (κ3) is 2.86. The van der Waals surface area contributed by atoms with E-state index in [-0.39, 0.29) is 0 Å². The summed E-state index contributed by atoms with van der Waals surface area (Å²) in [6.07, 6.45) is 3.74. The minimum atomic E-state index is 0.629. The van der Waals surface area contributed by atoms with E-state index in [1.54, 1.807) is 0 Å². The third-order valence-electron chi connectivity index (χ3n) is 3.88. The summed E-state index contributed by atoms with van der Waals surface area (Å²) in [4.78, 5) is 2.63. The summed E-state index contributed by atoms with van der Waals surface area (Å²) in [6.45, 7) is 6.92. The molecule has 0 amide bonds. The number of nitrogens with zero attached hydrogens (tertiary/aromatic N) is 1. The first-order valence-electron chi connectivity index (χ1n) is 7.25. The van der Waals surface area contributed by atoms with Crippen LogP contribution in [-0.2, 0) is 6.42 Å². The van der Waals surface area contributed by atoms with Gasteiger partial charge < -0.3 is 10.2 Å². The van der Waals surface area contributed by atoms with E-state index < -0.39 is 0 Å². The number of para-hydroxylation sites is 1. The number of nitrogens with one attached hydrogen (secondary N) is 1. The van der Waals surface area contributed by atoms with Crippen molar-refractivity contribution in [3.05, 3.63) is 29.8 Å². The van der Waals surface area contributed by atoms with Crippen LogP contribution < -0.4 is 10.2 Å². The van der Waals surface area contributed by atoms with Crippen molar-refractivity contribution in [2.75, 3.05) is 25.0 Å². The lowest BCUT2D eigenvalue weighted by atomic mass is 9.92. The Hall–Kier alpha value is -1.02. The van der Waals surface area contributed by atoms with Gasteiger partial charge in [0.2, 0.25) is 0 Å². The number of fused-ring (bicyclic) bond motifs is 1. The molecule has 1 aromatic carbocycles. The second-order valence-electron chi connectivity index (χ2n) is 5.59. The zero-order valence-corrected chi connectivity index (χ0v) is 11.9. The van der Waals surface area contributed by atoms with Crippen LogP contribution in [0.5, 0.6) is 0 Å². The minimum absolute atomic E-state index is 0.629. The highest BCUT2D eigenvalue weighted by atomic mass is 15.2. The van der Waals surface area contributed by atoms with Gasteiger partial charge in [0.25, 0.3) is 0 Å². The lowest BCUT2D eigenvalue weighted by Gasteiger charge is -2.40. The number of anilines is 1. The largest absolute Gasteiger partial charge is 0.367 e. The summed E-state index contributed by atoms with van der Waals surface area (Å²) in [6, 6.07) is 9.55. The van der Waals surface area contributed by atoms with Crippen LogP contribution in [0.4, 0.5) is 5.69 Å². The van der Waals surface area contributed by atoms with Crippen molar-refractivity contribution in [1.82, 2.24) is 5.32 Å². The van der Waals surface area contributed by atoms with Gasteiger partial charge in [0.15, 0.2) is 0 Å². The normalized spacial score (nSPS) is 20.6. The zero-order valence-electron chi connectivity index (χ0n) is 11.9. The Labute approximate surface area is 111 Å². The molecule has 0 radical (unpaired) electrons. The Bertz CT molecular complexity index is 369. The average Bonchev–Trinajstić information content (AvgIpc) is 2.37. The van der Waals surface area contributed by atoms with Crippen LogP contribution in [-0.4, -0.2) is 26.2 Å². The van der Waals surface area contributed by atoms with Crippen molar-refractivity contribution in [2.24, 2.45) is 5.92 Å². The molecule has 2 unspecified atom stereocenters. The van der Waals surface area contributed by atoms with Gasteiger partial charge in [-0.15, -0.1) is 0 Å². The molecule has 18 heavy (non-hydrogen) atoms. The first-order valence-corrected chi connectivity index (χ1v) is 7.25. The lowest BCUT2D eigenvalue weighted by Crippen LogP contribution is -2.46. The Morgan fingerprint density at radius 2 is 2.17 bits per heavy atom. The lowest BCUT2D eigenvalue weighted by molar-refractivity contribution is 0.450. The van der Waals surface area contributed by atoms with E-state index in [0.29, 0.717) is 6.04 Å². The maximum atomic E-state index is 3.35. The van der Waals surface area contributed by atoms with E-state index in [4.69, 9.17) is 0 Å². The van der Waals surface area contributed by atoms with Gasteiger partial charge in [0.05, 0.1) is 0 Å². The molecule has 0 aliphatic carbocycles. The highest BCUT2D eigenvalue weighted by molar-refractivity contribution is 5.56. The molecule has 2 rings (SSSR count). The standard InChI is InChI=1S/C16H26N2/c1-4-7-15(11-17-3)18-12-13(2)10-14-8-5-6-9-16(14)18/h5-6,8-9,13,15,17H,4,7,10-12H2,1-3H3. The van der Waals surface area contributed by atoms with E-state index in [0.717, 1.165) is 12.5 Å². The summed E-state index contributed by atoms with van der Waals surface area (Å²) in [5.74, 6) is 0.760. The van der Waals surface area contributed by atoms with Crippen molar-refractivity contribution >= 4 is 5.69 Å². The summed E-state index contributed by atoms with van der Waals surface area (Å²) >= 11 is 0. The van der Waals surface area contributed by atoms with Crippen LogP contribution in [0.3, 0.4) is 0 Å². The molecule has 0 spiro atoms. The molecule has 1 heterocycles. The maximum Gasteiger partial charge on any atom is 0.0414 e. The highest BCUT2D eigenvalue weighted by Crippen LogP contribution is 2.31. The molecule has 1 N–H and O–H groups in total. The van der Waals surface area contributed by atoms with E-state index in [1.165, 1.54) is 37.1 Å². The zero-order chi connectivity index (χ0) is 13.0. The van der Waals surface area contributed by atoms with Gasteiger partial charge in [-0.25, -0.2) is 0 Å². The molecule has 1 aliphatic heterocycles. The molecule has 2 heteroatoms. The molecule has 0 fully saturated rings. The molecular weight excluding hydrogens is 220 g/mol. The predicted octanol–water partition coefficient (Wildman–Crippen LogP) is 3.07. The van der Waals surface area contributed by atoms with E-state index in [2.05, 4.69) is 55.4 Å². The monoisotopic (exact) mass is 246 g/mol. The fraction of sp³-hybridized carbons (Fsp3) is 0.625. The van der Waals surface area contributed by atoms with Gasteiger partial charge in [0.1, 0.15) is 0 Å². The van der Waals surface area contributed by atoms with Crippen molar-refractivity contribution in [3.8, 4) is 0 Å². The SMILES string of the molecule is CCCC(CNC)N1CC(C)Cc2ccccc21. The van der Waals surface area contributed by atoms with E-state index >= 15 is 0 Å². The van der Waals surface area contributed by atoms with E-state index in [1.807, 2.05) is 0 Å². The van der Waals surface area contributed by atoms with Crippen LogP contribution in [0.2, 0.25) is 0 Å². The predicted molar refractivity (Wildman–Crippen MR) is 79.3 cm³/mol. The molecule has 2 atom stereocenters. The second kappa shape index (κ2) is 6.24. The first kappa shape index (κ1) is 13.4. The molecule has 0 bridgehead atoms. The summed E-state index contributed by atoms with van der Waals surface area (Å²) in [5.41, 5.74) is 2.98. The molecular formula is C16H26N2. The summed E-state index contributed by atoms with van der Waals surface area (Å²) < 4.78 is 0. The summed E-state index contributed by atoms with van der Waals surface area (Å²) in [5, 5.41) is 3.35. The number of hydrogen-bond acceptors (Lipinski definition) is 2. The fourth-order valence-electron chi connectivity index (χ4n) is 3.12. The topological polar surface area (TPSA) is 15.3 Å². The van der Waals surface area contributed by atoms with Gasteiger partial charge >= 0.3 is 0 Å². The number of likely N-dealkylation sites (N-methyl/N-ethyl adjacent to an activating group) is 1. The Morgan fingerprint density at radius 3 is 2.89 bits per heavy atom. The van der Waals surface area contributed by atoms with Crippen LogP contribution in [0.1, 0.15) is 32.3 Å². The van der Waals surface area contributed by atoms with Gasteiger partial charge in [-0.3, -0.25) is 0 Å². The number of benzene rings is 1. The van der Waals surface area contributed by atoms with Crippen LogP contribution in [0.15, 0.2) is 24.3 Å². The Morgan fingerprint density at radius 1 is 1.39 bits per heavy atom. The molecule has 0 saturated heterocycles. The number of rotatable bonds is 5. The summed E-state index contributed by atoms with van der Waals surface area (Å²) in [7, 11) is 2.06. The molecule has 1 aromatic rings. The second-order valence-corrected chi connectivity index (χ2v) is 5.59. The molecule has 1 aliphatic rings. The number of hydrogen-bond donors (Lipinski definition) is 1. The highest BCUT2D eigenvalue weighted by Gasteiger charge is 2.26. The Kier molecular flexibility index (Phi) is 4.65. The van der Waals surface area contributed by atoms with Gasteiger partial charge in [-0.2, -0.15) is 0 Å². The third-order valence-corrected chi connectivity index (χ3v) is 3.88. The van der Waals surface area contributed by atoms with Gasteiger partial charge in [0, 0.05) is 24.8 Å². The van der Waals surface area contributed by atoms with Crippen molar-refractivity contribution in [2.45, 2.75) is 39.2 Å². The van der Waals surface area contributed by atoms with E-state index in [9.17, 15) is 0 Å². The minimum Gasteiger partial charge on any atom is -0.367 e. The smallest absolute Gasteiger partial charge is 0.0414 e. The van der Waals surface area contributed by atoms with Crippen LogP contribution in [0, 0.1) is 5.92 Å². The molecule has 2 nitrogen and oxygen atoms in total. The average molecular weight is 246 g/mol. The van der Waals surface area contributed by atoms with Gasteiger partial charge in [-0.05, 0) is 37.4 Å².